The van der Waals surface area contributed by atoms with Gasteiger partial charge in [-0.3, -0.25) is 9.78 Å². The van der Waals surface area contributed by atoms with Gasteiger partial charge < -0.3 is 30.0 Å². The van der Waals surface area contributed by atoms with Gasteiger partial charge in [-0.15, -0.1) is 0 Å². The maximum Gasteiger partial charge on any atom is 0.329 e. The van der Waals surface area contributed by atoms with E-state index in [1.165, 1.54) is 22.4 Å². The van der Waals surface area contributed by atoms with E-state index in [1.807, 2.05) is 66.9 Å². The molecule has 330 valence electrons. The molecule has 9 nitrogen and oxygen atoms in total. The molecule has 3 aliphatic rings. The number of ether oxygens (including phenoxy) is 3. The molecule has 3 atom stereocenters. The van der Waals surface area contributed by atoms with E-state index in [4.69, 9.17) is 25.8 Å². The monoisotopic (exact) mass is 869 g/mol. The molecule has 63 heavy (non-hydrogen) atoms. The number of anilines is 1. The Morgan fingerprint density at radius 2 is 1.71 bits per heavy atom. The number of rotatable bonds is 17. The Kier molecular flexibility index (Phi) is 13.6. The normalized spacial score (nSPS) is 21.8. The largest absolute Gasteiger partial charge is 0.497 e. The van der Waals surface area contributed by atoms with Crippen molar-refractivity contribution in [1.29, 1.82) is 0 Å². The third-order valence-corrected chi connectivity index (χ3v) is 14.1. The highest BCUT2D eigenvalue weighted by atomic mass is 35.5. The first-order valence-electron chi connectivity index (χ1n) is 22.7. The lowest BCUT2D eigenvalue weighted by Crippen LogP contribution is -2.53. The number of nitrogens with one attached hydrogen (secondary N) is 2. The van der Waals surface area contributed by atoms with Crippen LogP contribution < -0.4 is 24.8 Å². The van der Waals surface area contributed by atoms with Gasteiger partial charge in [0.15, 0.2) is 0 Å². The van der Waals surface area contributed by atoms with Gasteiger partial charge in [-0.2, -0.15) is 0 Å². The lowest BCUT2D eigenvalue weighted by Gasteiger charge is -2.47. The third-order valence-electron chi connectivity index (χ3n) is 13.9. The predicted molar refractivity (Wildman–Crippen MR) is 249 cm³/mol. The van der Waals surface area contributed by atoms with E-state index in [9.17, 15) is 14.7 Å². The van der Waals surface area contributed by atoms with E-state index < -0.39 is 11.5 Å². The topological polar surface area (TPSA) is 119 Å². The summed E-state index contributed by atoms with van der Waals surface area (Å²) in [7, 11) is 1.66. The first-order chi connectivity index (χ1) is 30.5. The molecule has 1 heterocycles. The van der Waals surface area contributed by atoms with Crippen LogP contribution in [0.1, 0.15) is 99.1 Å². The molecular weight excluding hydrogens is 810 g/mol. The number of methoxy groups -OCH3 is 1. The Labute approximate surface area is 376 Å². The number of aliphatic carboxylic acids is 1. The zero-order chi connectivity index (χ0) is 44.0. The fourth-order valence-corrected chi connectivity index (χ4v) is 10.8. The lowest BCUT2D eigenvalue weighted by molar-refractivity contribution is -0.144. The Morgan fingerprint density at radius 1 is 0.921 bits per heavy atom. The summed E-state index contributed by atoms with van der Waals surface area (Å²) in [5, 5.41) is 17.8. The molecule has 1 spiro atoms. The fourth-order valence-electron chi connectivity index (χ4n) is 10.6. The molecule has 0 unspecified atom stereocenters. The van der Waals surface area contributed by atoms with Gasteiger partial charge >= 0.3 is 5.97 Å². The smallest absolute Gasteiger partial charge is 0.329 e. The number of carbonyl (C=O) groups is 2. The van der Waals surface area contributed by atoms with Gasteiger partial charge in [0.1, 0.15) is 22.8 Å². The summed E-state index contributed by atoms with van der Waals surface area (Å²) in [6.45, 7) is 6.13. The summed E-state index contributed by atoms with van der Waals surface area (Å²) >= 11 is 6.32. The average Bonchev–Trinajstić information content (AvgIpc) is 3.57. The number of aryl methyl sites for hydroxylation is 1. The molecule has 0 bridgehead atoms. The standard InChI is InChI=1S/C53H60ClN3O6/c1-35(34-63-48-19-25-55-47-16-4-9-36(2)50(47)48)27-41-30-40-17-18-45(33-46(40)52(41)20-22-53(23-21-52,51(59)60)57-43-14-7-13-42(54)32-43)62-26-8-24-56-49(58)29-37-10-5-11-38(28-37)39-12-6-15-44(31-39)61-3/h5-7,10-15,17-19,25,28,31-33,35-36,41,57H,4,8-9,16,20-24,26-27,29-30,34H2,1-3H3,(H,56,58)(H,59,60)/t35-,36-,41+,52?,53?/m1/s1. The first kappa shape index (κ1) is 44.1. The summed E-state index contributed by atoms with van der Waals surface area (Å²) in [5.74, 6) is 2.73. The van der Waals surface area contributed by atoms with E-state index in [0.29, 0.717) is 68.0 Å². The van der Waals surface area contributed by atoms with E-state index in [-0.39, 0.29) is 17.2 Å². The molecule has 0 aliphatic heterocycles. The molecule has 1 amide bonds. The highest BCUT2D eigenvalue weighted by Gasteiger charge is 2.54. The van der Waals surface area contributed by atoms with Gasteiger partial charge in [-0.05, 0) is 164 Å². The average molecular weight is 871 g/mol. The highest BCUT2D eigenvalue weighted by Crippen LogP contribution is 2.57. The molecule has 3 aliphatic carbocycles. The number of hydrogen-bond acceptors (Lipinski definition) is 7. The Balaban J connectivity index is 0.922. The molecule has 4 aromatic carbocycles. The summed E-state index contributed by atoms with van der Waals surface area (Å²) in [5.41, 5.74) is 7.46. The van der Waals surface area contributed by atoms with Gasteiger partial charge in [-0.25, -0.2) is 4.79 Å². The van der Waals surface area contributed by atoms with Crippen LogP contribution >= 0.6 is 11.6 Å². The quantitative estimate of drug-likeness (QED) is 0.0791. The minimum Gasteiger partial charge on any atom is -0.497 e. The number of fused-ring (bicyclic) bond motifs is 3. The number of nitrogens with zero attached hydrogens (tertiary/aromatic N) is 1. The molecule has 0 radical (unpaired) electrons. The maximum atomic E-state index is 13.1. The van der Waals surface area contributed by atoms with Crippen LogP contribution in [-0.2, 0) is 34.3 Å². The van der Waals surface area contributed by atoms with Gasteiger partial charge in [0.25, 0.3) is 0 Å². The molecule has 8 rings (SSSR count). The van der Waals surface area contributed by atoms with Crippen LogP contribution in [0.25, 0.3) is 11.1 Å². The van der Waals surface area contributed by atoms with Crippen LogP contribution in [0.5, 0.6) is 17.2 Å². The summed E-state index contributed by atoms with van der Waals surface area (Å²) in [4.78, 5) is 30.7. The van der Waals surface area contributed by atoms with E-state index in [2.05, 4.69) is 53.7 Å². The molecule has 5 aromatic rings. The zero-order valence-corrected chi connectivity index (χ0v) is 37.5. The van der Waals surface area contributed by atoms with Crippen LogP contribution in [0.15, 0.2) is 103 Å². The van der Waals surface area contributed by atoms with Crippen molar-refractivity contribution in [2.24, 2.45) is 11.8 Å². The summed E-state index contributed by atoms with van der Waals surface area (Å²) in [6, 6.07) is 31.8. The molecule has 10 heteroatoms. The number of carboxylic acid groups (broad SMARTS) is 1. The van der Waals surface area contributed by atoms with Crippen molar-refractivity contribution in [2.45, 2.75) is 101 Å². The second-order valence-electron chi connectivity index (χ2n) is 18.2. The van der Waals surface area contributed by atoms with Crippen molar-refractivity contribution in [2.75, 3.05) is 32.2 Å². The number of hydrogen-bond donors (Lipinski definition) is 3. The number of carbonyl (C=O) groups excluding carboxylic acids is 1. The van der Waals surface area contributed by atoms with Crippen molar-refractivity contribution >= 4 is 29.2 Å². The number of pyridine rings is 1. The lowest BCUT2D eigenvalue weighted by atomic mass is 9.59. The van der Waals surface area contributed by atoms with E-state index in [1.54, 1.807) is 19.2 Å². The van der Waals surface area contributed by atoms with E-state index >= 15 is 0 Å². The number of amides is 1. The van der Waals surface area contributed by atoms with Crippen LogP contribution in [-0.4, -0.2) is 54.4 Å². The Hall–Kier alpha value is -5.54. The predicted octanol–water partition coefficient (Wildman–Crippen LogP) is 11.0. The molecule has 3 N–H and O–H groups in total. The van der Waals surface area contributed by atoms with Gasteiger partial charge in [0.2, 0.25) is 5.91 Å². The Morgan fingerprint density at radius 3 is 2.51 bits per heavy atom. The molecular formula is C53H60ClN3O6. The van der Waals surface area contributed by atoms with Gasteiger partial charge in [-0.1, -0.05) is 74.0 Å². The van der Waals surface area contributed by atoms with Gasteiger partial charge in [0.05, 0.1) is 26.7 Å². The van der Waals surface area contributed by atoms with Crippen molar-refractivity contribution in [1.82, 2.24) is 10.3 Å². The first-order valence-corrected chi connectivity index (χ1v) is 23.1. The van der Waals surface area contributed by atoms with Crippen LogP contribution in [0.3, 0.4) is 0 Å². The van der Waals surface area contributed by atoms with Gasteiger partial charge in [0, 0.05) is 34.7 Å². The second kappa shape index (κ2) is 19.5. The molecule has 1 aromatic heterocycles. The Bertz CT molecular complexity index is 2410. The number of aromatic nitrogens is 1. The van der Waals surface area contributed by atoms with Crippen molar-refractivity contribution in [3.8, 4) is 28.4 Å². The van der Waals surface area contributed by atoms with Crippen molar-refractivity contribution < 1.29 is 28.9 Å². The number of benzene rings is 4. The fraction of sp³-hybridized carbons (Fsp3) is 0.415. The number of carboxylic acids is 1. The zero-order valence-electron chi connectivity index (χ0n) is 36.8. The molecule has 1 fully saturated rings. The van der Waals surface area contributed by atoms with Crippen molar-refractivity contribution in [3.63, 3.8) is 0 Å². The minimum atomic E-state index is -1.10. The third kappa shape index (κ3) is 9.99. The summed E-state index contributed by atoms with van der Waals surface area (Å²) in [6.07, 6.45) is 10.5. The molecule has 1 saturated carbocycles. The van der Waals surface area contributed by atoms with Crippen LogP contribution in [0.2, 0.25) is 5.02 Å². The van der Waals surface area contributed by atoms with Crippen LogP contribution in [0, 0.1) is 11.8 Å². The minimum absolute atomic E-state index is 0.0304. The van der Waals surface area contributed by atoms with E-state index in [0.717, 1.165) is 78.9 Å². The summed E-state index contributed by atoms with van der Waals surface area (Å²) < 4.78 is 18.4. The van der Waals surface area contributed by atoms with Crippen molar-refractivity contribution in [3.05, 3.63) is 136 Å². The highest BCUT2D eigenvalue weighted by molar-refractivity contribution is 6.30. The molecule has 0 saturated heterocycles. The SMILES string of the molecule is COc1cccc(-c2cccc(CC(=O)NCCCOc3ccc4c(c3)C3(CCC(Nc5cccc(Cl)c5)(C(=O)O)CC3)[C@@H](C[C@@H](C)COc3ccnc5c3[C@H](C)CCC5)C4)c2)c1. The second-order valence-corrected chi connectivity index (χ2v) is 18.6. The number of halogens is 1. The van der Waals surface area contributed by atoms with Crippen LogP contribution in [0.4, 0.5) is 5.69 Å². The maximum absolute atomic E-state index is 13.1.